The summed E-state index contributed by atoms with van der Waals surface area (Å²) in [6.45, 7) is 4.18. The first-order valence-electron chi connectivity index (χ1n) is 2.77. The number of rotatable bonds is 1. The van der Waals surface area contributed by atoms with Crippen molar-refractivity contribution in [1.29, 1.82) is 0 Å². The molecule has 0 saturated heterocycles. The highest BCUT2D eigenvalue weighted by molar-refractivity contribution is 6.33. The molecule has 0 aromatic carbocycles. The van der Waals surface area contributed by atoms with Gasteiger partial charge >= 0.3 is 5.38 Å². The van der Waals surface area contributed by atoms with Crippen LogP contribution < -0.4 is 0 Å². The largest absolute Gasteiger partial charge is 0.380 e. The summed E-state index contributed by atoms with van der Waals surface area (Å²) < 4.78 is 24.1. The molecule has 0 saturated carbocycles. The minimum Gasteiger partial charge on any atom is -0.291 e. The Morgan fingerprint density at radius 2 is 1.60 bits per heavy atom. The molecule has 0 aliphatic heterocycles. The number of hydrogen-bond acceptors (Lipinski definition) is 1. The fraction of sp³-hybridized carbons (Fsp3) is 0.833. The van der Waals surface area contributed by atoms with Crippen molar-refractivity contribution in [1.82, 2.24) is 0 Å². The molecule has 60 valence electrons. The quantitative estimate of drug-likeness (QED) is 0.553. The van der Waals surface area contributed by atoms with Crippen molar-refractivity contribution in [2.24, 2.45) is 5.41 Å². The SMILES string of the molecule is CC(C)(C)C(=O)C(F)(F)Cl. The molecule has 0 aliphatic rings. The van der Waals surface area contributed by atoms with E-state index in [1.54, 1.807) is 0 Å². The maximum absolute atomic E-state index is 12.0. The molecule has 0 aromatic heterocycles. The molecule has 0 heterocycles. The van der Waals surface area contributed by atoms with Gasteiger partial charge in [0.25, 0.3) is 0 Å². The van der Waals surface area contributed by atoms with Crippen molar-refractivity contribution in [3.05, 3.63) is 0 Å². The standard InChI is InChI=1S/C6H9ClF2O/c1-5(2,3)4(10)6(7,8)9/h1-3H3. The first kappa shape index (κ1) is 9.82. The molecule has 0 atom stereocenters. The second-order valence-electron chi connectivity index (χ2n) is 3.08. The van der Waals surface area contributed by atoms with E-state index in [0.717, 1.165) is 0 Å². The molecule has 1 nitrogen and oxygen atoms in total. The summed E-state index contributed by atoms with van der Waals surface area (Å²) in [5.74, 6) is -1.25. The van der Waals surface area contributed by atoms with Gasteiger partial charge in [0.2, 0.25) is 5.78 Å². The van der Waals surface area contributed by atoms with Crippen LogP contribution in [0.4, 0.5) is 8.78 Å². The zero-order chi connectivity index (χ0) is 8.58. The van der Waals surface area contributed by atoms with Gasteiger partial charge in [0, 0.05) is 5.41 Å². The first-order chi connectivity index (χ1) is 4.15. The van der Waals surface area contributed by atoms with Gasteiger partial charge < -0.3 is 0 Å². The Labute approximate surface area is 63.4 Å². The van der Waals surface area contributed by atoms with Crippen molar-refractivity contribution in [2.45, 2.75) is 26.2 Å². The maximum atomic E-state index is 12.0. The van der Waals surface area contributed by atoms with Crippen molar-refractivity contribution in [3.8, 4) is 0 Å². The van der Waals surface area contributed by atoms with Crippen LogP contribution >= 0.6 is 11.6 Å². The number of carbonyl (C=O) groups is 1. The highest BCUT2D eigenvalue weighted by atomic mass is 35.5. The summed E-state index contributed by atoms with van der Waals surface area (Å²) in [5.41, 5.74) is -1.08. The summed E-state index contributed by atoms with van der Waals surface area (Å²) in [6, 6.07) is 0. The second kappa shape index (κ2) is 2.46. The van der Waals surface area contributed by atoms with Crippen LogP contribution in [0.25, 0.3) is 0 Å². The van der Waals surface area contributed by atoms with E-state index in [-0.39, 0.29) is 0 Å². The Kier molecular flexibility index (Phi) is 2.41. The van der Waals surface area contributed by atoms with Crippen molar-refractivity contribution >= 4 is 17.4 Å². The van der Waals surface area contributed by atoms with Crippen LogP contribution in [-0.2, 0) is 4.79 Å². The van der Waals surface area contributed by atoms with Gasteiger partial charge in [-0.25, -0.2) is 0 Å². The average Bonchev–Trinajstić information content (AvgIpc) is 1.59. The molecule has 0 amide bonds. The minimum atomic E-state index is -3.72. The van der Waals surface area contributed by atoms with E-state index in [1.807, 2.05) is 0 Å². The average molecular weight is 171 g/mol. The lowest BCUT2D eigenvalue weighted by molar-refractivity contribution is -0.141. The van der Waals surface area contributed by atoms with E-state index in [1.165, 1.54) is 20.8 Å². The lowest BCUT2D eigenvalue weighted by atomic mass is 9.91. The van der Waals surface area contributed by atoms with Crippen LogP contribution in [0.5, 0.6) is 0 Å². The Balaban J connectivity index is 4.40. The van der Waals surface area contributed by atoms with E-state index in [0.29, 0.717) is 0 Å². The topological polar surface area (TPSA) is 17.1 Å². The Hall–Kier alpha value is -0.180. The van der Waals surface area contributed by atoms with Crippen LogP contribution in [0.2, 0.25) is 0 Å². The maximum Gasteiger partial charge on any atom is 0.380 e. The van der Waals surface area contributed by atoms with Crippen LogP contribution in [0.1, 0.15) is 20.8 Å². The van der Waals surface area contributed by atoms with E-state index < -0.39 is 16.6 Å². The Morgan fingerprint density at radius 3 is 1.60 bits per heavy atom. The molecule has 0 rings (SSSR count). The van der Waals surface area contributed by atoms with Crippen LogP contribution in [-0.4, -0.2) is 11.2 Å². The third kappa shape index (κ3) is 2.60. The van der Waals surface area contributed by atoms with Gasteiger partial charge in [-0.05, 0) is 11.6 Å². The van der Waals surface area contributed by atoms with Gasteiger partial charge in [-0.3, -0.25) is 4.79 Å². The van der Waals surface area contributed by atoms with Gasteiger partial charge in [-0.1, -0.05) is 20.8 Å². The number of ketones is 1. The summed E-state index contributed by atoms with van der Waals surface area (Å²) >= 11 is 4.49. The number of halogens is 3. The molecule has 0 fully saturated rings. The van der Waals surface area contributed by atoms with Crippen LogP contribution in [0.3, 0.4) is 0 Å². The highest BCUT2D eigenvalue weighted by Crippen LogP contribution is 2.30. The third-order valence-electron chi connectivity index (χ3n) is 0.939. The molecular formula is C6H9ClF2O. The molecular weight excluding hydrogens is 162 g/mol. The fourth-order valence-electron chi connectivity index (χ4n) is 0.425. The summed E-state index contributed by atoms with van der Waals surface area (Å²) in [7, 11) is 0. The predicted octanol–water partition coefficient (Wildman–Crippen LogP) is 2.43. The molecule has 0 aromatic rings. The number of hydrogen-bond donors (Lipinski definition) is 0. The molecule has 0 radical (unpaired) electrons. The minimum absolute atomic E-state index is 1.08. The van der Waals surface area contributed by atoms with Gasteiger partial charge in [0.1, 0.15) is 0 Å². The normalized spacial score (nSPS) is 13.4. The number of carbonyl (C=O) groups excluding carboxylic acids is 1. The van der Waals surface area contributed by atoms with Gasteiger partial charge in [-0.2, -0.15) is 8.78 Å². The second-order valence-corrected chi connectivity index (χ2v) is 3.55. The fourth-order valence-corrected chi connectivity index (χ4v) is 0.709. The zero-order valence-electron chi connectivity index (χ0n) is 6.04. The summed E-state index contributed by atoms with van der Waals surface area (Å²) in [5, 5.41) is -3.72. The van der Waals surface area contributed by atoms with E-state index >= 15 is 0 Å². The van der Waals surface area contributed by atoms with Gasteiger partial charge in [0.15, 0.2) is 0 Å². The van der Waals surface area contributed by atoms with Crippen LogP contribution in [0, 0.1) is 5.41 Å². The molecule has 0 spiro atoms. The van der Waals surface area contributed by atoms with E-state index in [2.05, 4.69) is 11.6 Å². The third-order valence-corrected chi connectivity index (χ3v) is 1.11. The Morgan fingerprint density at radius 1 is 1.30 bits per heavy atom. The Bertz CT molecular complexity index is 127. The molecule has 0 N–H and O–H groups in total. The smallest absolute Gasteiger partial charge is 0.291 e. The van der Waals surface area contributed by atoms with Crippen LogP contribution in [0.15, 0.2) is 0 Å². The molecule has 4 heteroatoms. The monoisotopic (exact) mass is 170 g/mol. The summed E-state index contributed by atoms with van der Waals surface area (Å²) in [4.78, 5) is 10.6. The first-order valence-corrected chi connectivity index (χ1v) is 3.15. The lowest BCUT2D eigenvalue weighted by Gasteiger charge is -2.18. The summed E-state index contributed by atoms with van der Waals surface area (Å²) in [6.07, 6.45) is 0. The number of alkyl halides is 3. The highest BCUT2D eigenvalue weighted by Gasteiger charge is 2.42. The predicted molar refractivity (Wildman–Crippen MR) is 35.3 cm³/mol. The van der Waals surface area contributed by atoms with E-state index in [9.17, 15) is 13.6 Å². The molecule has 0 bridgehead atoms. The molecule has 0 unspecified atom stereocenters. The van der Waals surface area contributed by atoms with Gasteiger partial charge in [-0.15, -0.1) is 0 Å². The van der Waals surface area contributed by atoms with Crippen molar-refractivity contribution in [3.63, 3.8) is 0 Å². The lowest BCUT2D eigenvalue weighted by Crippen LogP contribution is -2.33. The molecule has 10 heavy (non-hydrogen) atoms. The zero-order valence-corrected chi connectivity index (χ0v) is 6.80. The van der Waals surface area contributed by atoms with Crippen molar-refractivity contribution < 1.29 is 13.6 Å². The van der Waals surface area contributed by atoms with E-state index in [4.69, 9.17) is 0 Å². The molecule has 0 aliphatic carbocycles. The van der Waals surface area contributed by atoms with Gasteiger partial charge in [0.05, 0.1) is 0 Å². The van der Waals surface area contributed by atoms with Crippen molar-refractivity contribution in [2.75, 3.05) is 0 Å². The number of Topliss-reactive ketones (excluding diaryl/α,β-unsaturated/α-hetero) is 1.